The molecule has 6 nitrogen and oxygen atoms in total. The second kappa shape index (κ2) is 7.59. The highest BCUT2D eigenvalue weighted by Crippen LogP contribution is 2.38. The summed E-state index contributed by atoms with van der Waals surface area (Å²) in [5.41, 5.74) is 1.17. The summed E-state index contributed by atoms with van der Waals surface area (Å²) >= 11 is 6.48. The van der Waals surface area contributed by atoms with Gasteiger partial charge in [0.15, 0.2) is 0 Å². The second-order valence-electron chi connectivity index (χ2n) is 7.47. The Kier molecular flexibility index (Phi) is 5.15. The van der Waals surface area contributed by atoms with E-state index < -0.39 is 0 Å². The molecule has 2 aromatic heterocycles. The lowest BCUT2D eigenvalue weighted by atomic mass is 9.83. The lowest BCUT2D eigenvalue weighted by Gasteiger charge is -2.31. The van der Waals surface area contributed by atoms with Crippen LogP contribution in [0.25, 0.3) is 21.8 Å². The standard InChI is InChI=1S/C21H23ClN2O4/c1-3-27-17(25)11-13-6-4-7-14(10-13)24-16-9-5-8-15(22)19(16)20-18(21(24)26)12(2)28-23-20/h5,8-9,13-14H,3-4,6-7,10-11H2,1-2H3. The van der Waals surface area contributed by atoms with Crippen molar-refractivity contribution in [2.45, 2.75) is 52.0 Å². The van der Waals surface area contributed by atoms with Crippen molar-refractivity contribution >= 4 is 39.4 Å². The zero-order chi connectivity index (χ0) is 19.8. The van der Waals surface area contributed by atoms with Crippen LogP contribution < -0.4 is 5.56 Å². The number of pyridine rings is 1. The van der Waals surface area contributed by atoms with E-state index in [0.29, 0.717) is 34.7 Å². The monoisotopic (exact) mass is 402 g/mol. The van der Waals surface area contributed by atoms with Crippen molar-refractivity contribution in [3.8, 4) is 0 Å². The molecule has 0 radical (unpaired) electrons. The minimum atomic E-state index is -0.168. The molecule has 2 unspecified atom stereocenters. The molecule has 7 heteroatoms. The van der Waals surface area contributed by atoms with Crippen LogP contribution >= 0.6 is 11.6 Å². The Morgan fingerprint density at radius 3 is 2.96 bits per heavy atom. The van der Waals surface area contributed by atoms with Crippen molar-refractivity contribution in [1.82, 2.24) is 9.72 Å². The van der Waals surface area contributed by atoms with Crippen LogP contribution in [0, 0.1) is 12.8 Å². The number of aromatic nitrogens is 2. The van der Waals surface area contributed by atoms with Gasteiger partial charge >= 0.3 is 5.97 Å². The number of rotatable bonds is 4. The maximum atomic E-state index is 13.4. The van der Waals surface area contributed by atoms with Gasteiger partial charge in [-0.3, -0.25) is 9.59 Å². The molecule has 0 amide bonds. The quantitative estimate of drug-likeness (QED) is 0.586. The van der Waals surface area contributed by atoms with Crippen molar-refractivity contribution in [3.05, 3.63) is 39.3 Å². The maximum Gasteiger partial charge on any atom is 0.306 e. The zero-order valence-corrected chi connectivity index (χ0v) is 16.8. The Bertz CT molecular complexity index is 1100. The summed E-state index contributed by atoms with van der Waals surface area (Å²) in [6, 6.07) is 5.55. The molecule has 28 heavy (non-hydrogen) atoms. The average molecular weight is 403 g/mol. The Hall–Kier alpha value is -2.34. The number of hydrogen-bond acceptors (Lipinski definition) is 5. The van der Waals surface area contributed by atoms with E-state index >= 15 is 0 Å². The maximum absolute atomic E-state index is 13.4. The van der Waals surface area contributed by atoms with Crippen LogP contribution in [0.4, 0.5) is 0 Å². The van der Waals surface area contributed by atoms with Crippen molar-refractivity contribution in [2.75, 3.05) is 6.61 Å². The van der Waals surface area contributed by atoms with E-state index in [9.17, 15) is 9.59 Å². The van der Waals surface area contributed by atoms with Gasteiger partial charge in [0, 0.05) is 17.8 Å². The van der Waals surface area contributed by atoms with Crippen LogP contribution in [-0.2, 0) is 9.53 Å². The molecule has 1 fully saturated rings. The summed E-state index contributed by atoms with van der Waals surface area (Å²) in [6.07, 6.45) is 3.97. The normalized spacial score (nSPS) is 20.0. The van der Waals surface area contributed by atoms with Crippen molar-refractivity contribution in [1.29, 1.82) is 0 Å². The van der Waals surface area contributed by atoms with Gasteiger partial charge in [-0.05, 0) is 51.2 Å². The summed E-state index contributed by atoms with van der Waals surface area (Å²) in [6.45, 7) is 3.95. The lowest BCUT2D eigenvalue weighted by molar-refractivity contribution is -0.144. The molecule has 1 aromatic carbocycles. The van der Waals surface area contributed by atoms with E-state index in [2.05, 4.69) is 5.16 Å². The molecule has 1 aliphatic rings. The van der Waals surface area contributed by atoms with E-state index in [1.807, 2.05) is 23.6 Å². The molecule has 0 N–H and O–H groups in total. The molecule has 0 saturated heterocycles. The minimum Gasteiger partial charge on any atom is -0.466 e. The van der Waals surface area contributed by atoms with Crippen LogP contribution in [0.1, 0.15) is 50.8 Å². The number of halogens is 1. The number of benzene rings is 1. The minimum absolute atomic E-state index is 0.000318. The van der Waals surface area contributed by atoms with Gasteiger partial charge in [-0.25, -0.2) is 0 Å². The highest BCUT2D eigenvalue weighted by Gasteiger charge is 2.29. The largest absolute Gasteiger partial charge is 0.466 e. The first-order chi connectivity index (χ1) is 13.5. The first-order valence-electron chi connectivity index (χ1n) is 9.75. The molecule has 4 rings (SSSR count). The van der Waals surface area contributed by atoms with Gasteiger partial charge in [0.05, 0.1) is 17.1 Å². The van der Waals surface area contributed by atoms with Crippen LogP contribution in [0.2, 0.25) is 5.02 Å². The number of fused-ring (bicyclic) bond motifs is 3. The first-order valence-corrected chi connectivity index (χ1v) is 10.1. The van der Waals surface area contributed by atoms with Gasteiger partial charge < -0.3 is 13.8 Å². The van der Waals surface area contributed by atoms with Gasteiger partial charge in [0.2, 0.25) is 0 Å². The molecule has 2 atom stereocenters. The van der Waals surface area contributed by atoms with Gasteiger partial charge in [-0.15, -0.1) is 0 Å². The predicted octanol–water partition coefficient (Wildman–Crippen LogP) is 4.79. The molecule has 0 aliphatic heterocycles. The SMILES string of the molecule is CCOC(=O)CC1CCCC(n2c(=O)c3c(C)onc3c3c(Cl)cccc32)C1. The number of nitrogens with zero attached hydrogens (tertiary/aromatic N) is 2. The summed E-state index contributed by atoms with van der Waals surface area (Å²) < 4.78 is 12.3. The zero-order valence-electron chi connectivity index (χ0n) is 16.0. The first kappa shape index (κ1) is 19.0. The van der Waals surface area contributed by atoms with Crippen LogP contribution in [-0.4, -0.2) is 22.3 Å². The number of aryl methyl sites for hydroxylation is 1. The summed E-state index contributed by atoms with van der Waals surface area (Å²) in [5.74, 6) is 0.534. The number of esters is 1. The Balaban J connectivity index is 1.82. The molecule has 3 aromatic rings. The van der Waals surface area contributed by atoms with Gasteiger partial charge in [0.25, 0.3) is 5.56 Å². The summed E-state index contributed by atoms with van der Waals surface area (Å²) in [7, 11) is 0. The van der Waals surface area contributed by atoms with E-state index in [1.165, 1.54) is 0 Å². The second-order valence-corrected chi connectivity index (χ2v) is 7.87. The Labute approximate surface area is 167 Å². The van der Waals surface area contributed by atoms with E-state index in [-0.39, 0.29) is 23.5 Å². The molecular formula is C21H23ClN2O4. The van der Waals surface area contributed by atoms with E-state index in [4.69, 9.17) is 20.9 Å². The van der Waals surface area contributed by atoms with Crippen LogP contribution in [0.5, 0.6) is 0 Å². The fraction of sp³-hybridized carbons (Fsp3) is 0.476. The third-order valence-electron chi connectivity index (χ3n) is 5.66. The average Bonchev–Trinajstić information content (AvgIpc) is 3.04. The summed E-state index contributed by atoms with van der Waals surface area (Å²) in [5, 5.41) is 5.86. The fourth-order valence-electron chi connectivity index (χ4n) is 4.47. The lowest BCUT2D eigenvalue weighted by Crippen LogP contribution is -2.30. The molecule has 1 aliphatic carbocycles. The number of carbonyl (C=O) groups excluding carboxylic acids is 1. The van der Waals surface area contributed by atoms with Gasteiger partial charge in [-0.2, -0.15) is 0 Å². The molecule has 148 valence electrons. The molecule has 2 heterocycles. The highest BCUT2D eigenvalue weighted by molar-refractivity contribution is 6.37. The molecular weight excluding hydrogens is 380 g/mol. The van der Waals surface area contributed by atoms with Gasteiger partial charge in [-0.1, -0.05) is 29.2 Å². The molecule has 1 saturated carbocycles. The Morgan fingerprint density at radius 2 is 2.18 bits per heavy atom. The van der Waals surface area contributed by atoms with Crippen LogP contribution in [0.3, 0.4) is 0 Å². The predicted molar refractivity (Wildman–Crippen MR) is 108 cm³/mol. The molecule has 0 bridgehead atoms. The third kappa shape index (κ3) is 3.20. The van der Waals surface area contributed by atoms with E-state index in [0.717, 1.165) is 36.6 Å². The van der Waals surface area contributed by atoms with Crippen molar-refractivity contribution in [2.24, 2.45) is 5.92 Å². The van der Waals surface area contributed by atoms with E-state index in [1.54, 1.807) is 13.0 Å². The fourth-order valence-corrected chi connectivity index (χ4v) is 4.73. The molecule has 0 spiro atoms. The summed E-state index contributed by atoms with van der Waals surface area (Å²) in [4.78, 5) is 25.3. The Morgan fingerprint density at radius 1 is 1.36 bits per heavy atom. The number of hydrogen-bond donors (Lipinski definition) is 0. The third-order valence-corrected chi connectivity index (χ3v) is 5.98. The number of ether oxygens (including phenoxy) is 1. The topological polar surface area (TPSA) is 74.3 Å². The highest BCUT2D eigenvalue weighted by atomic mass is 35.5. The van der Waals surface area contributed by atoms with Crippen molar-refractivity contribution in [3.63, 3.8) is 0 Å². The number of carbonyl (C=O) groups is 1. The van der Waals surface area contributed by atoms with Crippen molar-refractivity contribution < 1.29 is 14.1 Å². The smallest absolute Gasteiger partial charge is 0.306 e. The van der Waals surface area contributed by atoms with Crippen LogP contribution in [0.15, 0.2) is 27.5 Å². The van der Waals surface area contributed by atoms with Gasteiger partial charge in [0.1, 0.15) is 16.7 Å².